The molecule has 94 valence electrons. The number of benzene rings is 1. The topological polar surface area (TPSA) is 64.4 Å². The Kier molecular flexibility index (Phi) is 2.98. The Morgan fingerprint density at radius 3 is 3.11 bits per heavy atom. The molecule has 0 aliphatic carbocycles. The number of para-hydroxylation sites is 2. The maximum absolute atomic E-state index is 11.7. The van der Waals surface area contributed by atoms with Gasteiger partial charge in [0.1, 0.15) is 11.6 Å². The quantitative estimate of drug-likeness (QED) is 0.893. The third-order valence-electron chi connectivity index (χ3n) is 2.97. The number of nitrogens with zero attached hydrogens (tertiary/aromatic N) is 1. The van der Waals surface area contributed by atoms with Gasteiger partial charge in [-0.3, -0.25) is 4.79 Å². The Balaban J connectivity index is 1.63. The predicted octanol–water partition coefficient (Wildman–Crippen LogP) is 1.62. The number of nitrogens with one attached hydrogen (secondary N) is 1. The van der Waals surface area contributed by atoms with E-state index in [-0.39, 0.29) is 12.0 Å². The summed E-state index contributed by atoms with van der Waals surface area (Å²) >= 11 is 0. The molecule has 1 amide bonds. The van der Waals surface area contributed by atoms with Crippen LogP contribution in [0.2, 0.25) is 0 Å². The van der Waals surface area contributed by atoms with Gasteiger partial charge in [0.25, 0.3) is 0 Å². The molecule has 2 aromatic rings. The standard InChI is InChI=1S/C13H14N2O3/c16-13(11-6-3-7-17-11)14-8-12-15-9-4-1-2-5-10(9)18-12/h1-2,4-5,11H,3,6-8H2,(H,14,16). The van der Waals surface area contributed by atoms with Gasteiger partial charge in [-0.15, -0.1) is 0 Å². The van der Waals surface area contributed by atoms with Gasteiger partial charge in [0.05, 0.1) is 6.54 Å². The molecule has 1 saturated heterocycles. The molecule has 18 heavy (non-hydrogen) atoms. The lowest BCUT2D eigenvalue weighted by atomic mass is 10.2. The smallest absolute Gasteiger partial charge is 0.249 e. The van der Waals surface area contributed by atoms with Crippen molar-refractivity contribution in [1.82, 2.24) is 10.3 Å². The van der Waals surface area contributed by atoms with Gasteiger partial charge in [0, 0.05) is 6.61 Å². The minimum Gasteiger partial charge on any atom is -0.439 e. The van der Waals surface area contributed by atoms with E-state index in [9.17, 15) is 4.79 Å². The molecule has 1 fully saturated rings. The molecular formula is C13H14N2O3. The number of carbonyl (C=O) groups is 1. The van der Waals surface area contributed by atoms with Crippen LogP contribution in [-0.2, 0) is 16.1 Å². The second-order valence-corrected chi connectivity index (χ2v) is 4.29. The third kappa shape index (κ3) is 2.22. The van der Waals surface area contributed by atoms with Crippen molar-refractivity contribution in [3.05, 3.63) is 30.2 Å². The molecule has 1 unspecified atom stereocenters. The first kappa shape index (κ1) is 11.2. The van der Waals surface area contributed by atoms with Crippen LogP contribution in [0.15, 0.2) is 28.7 Å². The highest BCUT2D eigenvalue weighted by Crippen LogP contribution is 2.15. The van der Waals surface area contributed by atoms with Crippen LogP contribution in [0.1, 0.15) is 18.7 Å². The molecule has 5 nitrogen and oxygen atoms in total. The first-order chi connectivity index (χ1) is 8.83. The summed E-state index contributed by atoms with van der Waals surface area (Å²) in [7, 11) is 0. The van der Waals surface area contributed by atoms with Gasteiger partial charge >= 0.3 is 0 Å². The Morgan fingerprint density at radius 2 is 2.33 bits per heavy atom. The number of aromatic nitrogens is 1. The lowest BCUT2D eigenvalue weighted by Gasteiger charge is -2.08. The molecule has 3 rings (SSSR count). The van der Waals surface area contributed by atoms with E-state index in [0.717, 1.165) is 23.9 Å². The number of ether oxygens (including phenoxy) is 1. The zero-order chi connectivity index (χ0) is 12.4. The van der Waals surface area contributed by atoms with E-state index in [1.807, 2.05) is 24.3 Å². The maximum Gasteiger partial charge on any atom is 0.249 e. The van der Waals surface area contributed by atoms with Crippen molar-refractivity contribution in [3.8, 4) is 0 Å². The molecule has 5 heteroatoms. The van der Waals surface area contributed by atoms with Crippen LogP contribution in [0.4, 0.5) is 0 Å². The fourth-order valence-corrected chi connectivity index (χ4v) is 2.06. The Hall–Kier alpha value is -1.88. The number of amides is 1. The summed E-state index contributed by atoms with van der Waals surface area (Å²) in [5.74, 6) is 0.428. The van der Waals surface area contributed by atoms with Crippen LogP contribution in [-0.4, -0.2) is 23.6 Å². The van der Waals surface area contributed by atoms with E-state index in [1.54, 1.807) is 0 Å². The number of oxazole rings is 1. The van der Waals surface area contributed by atoms with E-state index >= 15 is 0 Å². The molecule has 1 atom stereocenters. The molecule has 1 aliphatic rings. The molecule has 0 radical (unpaired) electrons. The van der Waals surface area contributed by atoms with Crippen molar-refractivity contribution in [2.24, 2.45) is 0 Å². The van der Waals surface area contributed by atoms with Crippen molar-refractivity contribution in [1.29, 1.82) is 0 Å². The highest BCUT2D eigenvalue weighted by Gasteiger charge is 2.23. The van der Waals surface area contributed by atoms with Crippen LogP contribution < -0.4 is 5.32 Å². The zero-order valence-corrected chi connectivity index (χ0v) is 9.89. The Labute approximate surface area is 104 Å². The van der Waals surface area contributed by atoms with Crippen LogP contribution in [0, 0.1) is 0 Å². The van der Waals surface area contributed by atoms with Crippen molar-refractivity contribution in [2.75, 3.05) is 6.61 Å². The summed E-state index contributed by atoms with van der Waals surface area (Å²) in [4.78, 5) is 16.0. The van der Waals surface area contributed by atoms with Gasteiger partial charge < -0.3 is 14.5 Å². The van der Waals surface area contributed by atoms with Crippen molar-refractivity contribution in [2.45, 2.75) is 25.5 Å². The summed E-state index contributed by atoms with van der Waals surface area (Å²) in [5, 5.41) is 2.78. The average molecular weight is 246 g/mol. The molecule has 1 aromatic heterocycles. The third-order valence-corrected chi connectivity index (χ3v) is 2.97. The summed E-state index contributed by atoms with van der Waals surface area (Å²) in [5.41, 5.74) is 1.54. The summed E-state index contributed by atoms with van der Waals surface area (Å²) in [6.07, 6.45) is 1.43. The second-order valence-electron chi connectivity index (χ2n) is 4.29. The normalized spacial score (nSPS) is 19.2. The van der Waals surface area contributed by atoms with Crippen LogP contribution in [0.3, 0.4) is 0 Å². The lowest BCUT2D eigenvalue weighted by Crippen LogP contribution is -2.33. The van der Waals surface area contributed by atoms with Gasteiger partial charge in [-0.25, -0.2) is 4.98 Å². The molecule has 2 heterocycles. The second kappa shape index (κ2) is 4.78. The number of hydrogen-bond donors (Lipinski definition) is 1. The lowest BCUT2D eigenvalue weighted by molar-refractivity contribution is -0.130. The van der Waals surface area contributed by atoms with Gasteiger partial charge in [0.2, 0.25) is 11.8 Å². The Morgan fingerprint density at radius 1 is 1.44 bits per heavy atom. The molecule has 1 aromatic carbocycles. The van der Waals surface area contributed by atoms with Crippen LogP contribution in [0.25, 0.3) is 11.1 Å². The van der Waals surface area contributed by atoms with Crippen molar-refractivity contribution in [3.63, 3.8) is 0 Å². The monoisotopic (exact) mass is 246 g/mol. The van der Waals surface area contributed by atoms with E-state index < -0.39 is 0 Å². The fourth-order valence-electron chi connectivity index (χ4n) is 2.06. The van der Waals surface area contributed by atoms with Crippen molar-refractivity contribution < 1.29 is 13.9 Å². The van der Waals surface area contributed by atoms with Crippen LogP contribution >= 0.6 is 0 Å². The maximum atomic E-state index is 11.7. The largest absolute Gasteiger partial charge is 0.439 e. The van der Waals surface area contributed by atoms with E-state index in [0.29, 0.717) is 19.0 Å². The van der Waals surface area contributed by atoms with Gasteiger partial charge in [0.15, 0.2) is 5.58 Å². The predicted molar refractivity (Wildman–Crippen MR) is 64.8 cm³/mol. The Bertz CT molecular complexity index is 525. The number of rotatable bonds is 3. The van der Waals surface area contributed by atoms with E-state index in [1.165, 1.54) is 0 Å². The average Bonchev–Trinajstić information content (AvgIpc) is 3.04. The molecule has 1 aliphatic heterocycles. The first-order valence-corrected chi connectivity index (χ1v) is 6.07. The molecule has 0 saturated carbocycles. The summed E-state index contributed by atoms with van der Waals surface area (Å²) in [6.45, 7) is 0.967. The minimum atomic E-state index is -0.311. The number of hydrogen-bond acceptors (Lipinski definition) is 4. The molecule has 1 N–H and O–H groups in total. The van der Waals surface area contributed by atoms with E-state index in [4.69, 9.17) is 9.15 Å². The SMILES string of the molecule is O=C(NCc1nc2ccccc2o1)C1CCCO1. The highest BCUT2D eigenvalue weighted by molar-refractivity contribution is 5.81. The first-order valence-electron chi connectivity index (χ1n) is 6.07. The summed E-state index contributed by atoms with van der Waals surface area (Å²) < 4.78 is 10.8. The van der Waals surface area contributed by atoms with Gasteiger partial charge in [-0.1, -0.05) is 12.1 Å². The number of carbonyl (C=O) groups excluding carboxylic acids is 1. The summed E-state index contributed by atoms with van der Waals surface area (Å²) in [6, 6.07) is 7.53. The molecule has 0 spiro atoms. The molecular weight excluding hydrogens is 232 g/mol. The molecule has 0 bridgehead atoms. The minimum absolute atomic E-state index is 0.0882. The van der Waals surface area contributed by atoms with Gasteiger partial charge in [-0.05, 0) is 25.0 Å². The van der Waals surface area contributed by atoms with E-state index in [2.05, 4.69) is 10.3 Å². The highest BCUT2D eigenvalue weighted by atomic mass is 16.5. The van der Waals surface area contributed by atoms with Crippen molar-refractivity contribution >= 4 is 17.0 Å². The fraction of sp³-hybridized carbons (Fsp3) is 0.385. The zero-order valence-electron chi connectivity index (χ0n) is 9.89. The number of fused-ring (bicyclic) bond motifs is 1. The van der Waals surface area contributed by atoms with Gasteiger partial charge in [-0.2, -0.15) is 0 Å². The van der Waals surface area contributed by atoms with Crippen LogP contribution in [0.5, 0.6) is 0 Å².